The number of hydrogen-bond acceptors (Lipinski definition) is 2. The summed E-state index contributed by atoms with van der Waals surface area (Å²) < 4.78 is 6.29. The molecule has 1 amide bonds. The monoisotopic (exact) mass is 369 g/mol. The van der Waals surface area contributed by atoms with Crippen molar-refractivity contribution in [3.63, 3.8) is 0 Å². The van der Waals surface area contributed by atoms with E-state index in [2.05, 4.69) is 19.2 Å². The first-order valence-corrected chi connectivity index (χ1v) is 9.45. The lowest BCUT2D eigenvalue weighted by atomic mass is 9.83. The smallest absolute Gasteiger partial charge is 0.244 e. The van der Waals surface area contributed by atoms with Crippen LogP contribution in [0, 0.1) is 0 Å². The van der Waals surface area contributed by atoms with Crippen molar-refractivity contribution in [2.24, 2.45) is 0 Å². The maximum absolute atomic E-state index is 12.5. The van der Waals surface area contributed by atoms with Gasteiger partial charge in [0, 0.05) is 23.1 Å². The van der Waals surface area contributed by atoms with Crippen molar-refractivity contribution in [2.75, 3.05) is 0 Å². The molecule has 136 valence electrons. The number of benzene rings is 2. The summed E-state index contributed by atoms with van der Waals surface area (Å²) in [6.07, 6.45) is 5.96. The van der Waals surface area contributed by atoms with Crippen molar-refractivity contribution in [1.29, 1.82) is 0 Å². The summed E-state index contributed by atoms with van der Waals surface area (Å²) in [6.45, 7) is 4.27. The molecule has 1 aliphatic heterocycles. The van der Waals surface area contributed by atoms with Gasteiger partial charge in [-0.1, -0.05) is 55.8 Å². The van der Waals surface area contributed by atoms with E-state index in [1.807, 2.05) is 48.5 Å². The molecule has 0 fully saturated rings. The van der Waals surface area contributed by atoms with Crippen molar-refractivity contribution >= 4 is 23.6 Å². The highest BCUT2D eigenvalue weighted by Gasteiger charge is 2.38. The second-order valence-electron chi connectivity index (χ2n) is 6.68. The molecule has 0 saturated heterocycles. The maximum Gasteiger partial charge on any atom is 0.244 e. The number of amides is 1. The van der Waals surface area contributed by atoms with Crippen molar-refractivity contribution in [3.05, 3.63) is 70.8 Å². The van der Waals surface area contributed by atoms with Crippen LogP contribution in [-0.4, -0.2) is 11.5 Å². The van der Waals surface area contributed by atoms with Crippen molar-refractivity contribution in [3.8, 4) is 5.75 Å². The highest BCUT2D eigenvalue weighted by Crippen LogP contribution is 2.42. The minimum Gasteiger partial charge on any atom is -0.487 e. The number of hydrogen-bond donors (Lipinski definition) is 1. The minimum atomic E-state index is -0.230. The van der Waals surface area contributed by atoms with E-state index in [1.165, 1.54) is 0 Å². The molecule has 0 radical (unpaired) electrons. The quantitative estimate of drug-likeness (QED) is 0.701. The van der Waals surface area contributed by atoms with Crippen LogP contribution in [0.1, 0.15) is 50.3 Å². The molecule has 26 heavy (non-hydrogen) atoms. The van der Waals surface area contributed by atoms with E-state index in [4.69, 9.17) is 16.3 Å². The Morgan fingerprint density at radius 2 is 1.88 bits per heavy atom. The maximum atomic E-state index is 12.5. The Morgan fingerprint density at radius 1 is 1.19 bits per heavy atom. The van der Waals surface area contributed by atoms with Crippen molar-refractivity contribution in [1.82, 2.24) is 5.32 Å². The third-order valence-electron chi connectivity index (χ3n) is 5.10. The number of ether oxygens (including phenoxy) is 1. The third-order valence-corrected chi connectivity index (χ3v) is 5.35. The zero-order valence-electron chi connectivity index (χ0n) is 15.2. The van der Waals surface area contributed by atoms with E-state index < -0.39 is 0 Å². The van der Waals surface area contributed by atoms with Gasteiger partial charge >= 0.3 is 0 Å². The molecule has 2 aromatic carbocycles. The van der Waals surface area contributed by atoms with Crippen LogP contribution in [0.5, 0.6) is 5.75 Å². The van der Waals surface area contributed by atoms with Gasteiger partial charge in [-0.3, -0.25) is 4.79 Å². The van der Waals surface area contributed by atoms with Gasteiger partial charge in [0.1, 0.15) is 11.4 Å². The standard InChI is InChI=1S/C22H24ClNO2/c1-3-22(4-2)15-19(18-7-5-6-8-20(18)26-22)24-21(25)14-11-16-9-12-17(23)13-10-16/h5-14,19H,3-4,15H2,1-2H3,(H,24,25)/b14-11+/t19-/m1/s1. The summed E-state index contributed by atoms with van der Waals surface area (Å²) in [6, 6.07) is 15.3. The Kier molecular flexibility index (Phi) is 5.67. The number of halogens is 1. The summed E-state index contributed by atoms with van der Waals surface area (Å²) in [5.74, 6) is 0.761. The topological polar surface area (TPSA) is 38.3 Å². The normalized spacial score (nSPS) is 18.2. The lowest BCUT2D eigenvalue weighted by Crippen LogP contribution is -2.44. The van der Waals surface area contributed by atoms with Gasteiger partial charge < -0.3 is 10.1 Å². The van der Waals surface area contributed by atoms with Crippen LogP contribution < -0.4 is 10.1 Å². The Morgan fingerprint density at radius 3 is 2.58 bits per heavy atom. The van der Waals surface area contributed by atoms with Crippen molar-refractivity contribution in [2.45, 2.75) is 44.8 Å². The number of para-hydroxylation sites is 1. The fraction of sp³-hybridized carbons (Fsp3) is 0.318. The molecule has 0 spiro atoms. The Balaban J connectivity index is 1.77. The average Bonchev–Trinajstić information content (AvgIpc) is 2.67. The molecule has 3 nitrogen and oxygen atoms in total. The molecule has 0 aromatic heterocycles. The summed E-state index contributed by atoms with van der Waals surface area (Å²) in [5, 5.41) is 3.83. The van der Waals surface area contributed by atoms with E-state index in [-0.39, 0.29) is 17.6 Å². The number of nitrogens with one attached hydrogen (secondary N) is 1. The Hall–Kier alpha value is -2.26. The largest absolute Gasteiger partial charge is 0.487 e. The molecule has 4 heteroatoms. The van der Waals surface area contributed by atoms with Gasteiger partial charge in [-0.15, -0.1) is 0 Å². The first-order valence-electron chi connectivity index (χ1n) is 9.07. The number of carbonyl (C=O) groups excluding carboxylic acids is 1. The molecular formula is C22H24ClNO2. The summed E-state index contributed by atoms with van der Waals surface area (Å²) in [4.78, 5) is 12.5. The molecular weight excluding hydrogens is 346 g/mol. The zero-order chi connectivity index (χ0) is 18.6. The number of carbonyl (C=O) groups is 1. The predicted octanol–water partition coefficient (Wildman–Crippen LogP) is 5.55. The highest BCUT2D eigenvalue weighted by molar-refractivity contribution is 6.30. The Bertz CT molecular complexity index is 794. The van der Waals surface area contributed by atoms with Gasteiger partial charge in [0.2, 0.25) is 5.91 Å². The van der Waals surface area contributed by atoms with Crippen LogP contribution >= 0.6 is 11.6 Å². The SMILES string of the molecule is CCC1(CC)C[C@@H](NC(=O)/C=C/c2ccc(Cl)cc2)c2ccccc2O1. The fourth-order valence-electron chi connectivity index (χ4n) is 3.40. The molecule has 1 atom stereocenters. The number of fused-ring (bicyclic) bond motifs is 1. The molecule has 3 rings (SSSR count). The molecule has 0 bridgehead atoms. The van der Waals surface area contributed by atoms with Gasteiger partial charge in [0.05, 0.1) is 6.04 Å². The van der Waals surface area contributed by atoms with Crippen LogP contribution in [0.4, 0.5) is 0 Å². The second-order valence-corrected chi connectivity index (χ2v) is 7.12. The first-order chi connectivity index (χ1) is 12.5. The summed E-state index contributed by atoms with van der Waals surface area (Å²) >= 11 is 5.89. The minimum absolute atomic E-state index is 0.0535. The van der Waals surface area contributed by atoms with E-state index >= 15 is 0 Å². The molecule has 1 heterocycles. The van der Waals surface area contributed by atoms with E-state index in [9.17, 15) is 4.79 Å². The summed E-state index contributed by atoms with van der Waals surface area (Å²) in [7, 11) is 0. The highest BCUT2D eigenvalue weighted by atomic mass is 35.5. The fourth-order valence-corrected chi connectivity index (χ4v) is 3.52. The van der Waals surface area contributed by atoms with Crippen LogP contribution in [0.15, 0.2) is 54.6 Å². The van der Waals surface area contributed by atoms with Crippen LogP contribution in [-0.2, 0) is 4.79 Å². The average molecular weight is 370 g/mol. The van der Waals surface area contributed by atoms with Crippen molar-refractivity contribution < 1.29 is 9.53 Å². The lowest BCUT2D eigenvalue weighted by Gasteiger charge is -2.41. The van der Waals surface area contributed by atoms with Crippen LogP contribution in [0.25, 0.3) is 6.08 Å². The van der Waals surface area contributed by atoms with E-state index in [0.29, 0.717) is 5.02 Å². The number of rotatable bonds is 5. The third kappa shape index (κ3) is 4.10. The predicted molar refractivity (Wildman–Crippen MR) is 106 cm³/mol. The molecule has 0 aliphatic carbocycles. The molecule has 2 aromatic rings. The molecule has 0 saturated carbocycles. The van der Waals surface area contributed by atoms with Gasteiger partial charge in [0.15, 0.2) is 0 Å². The van der Waals surface area contributed by atoms with E-state index in [0.717, 1.165) is 36.1 Å². The lowest BCUT2D eigenvalue weighted by molar-refractivity contribution is -0.117. The van der Waals surface area contributed by atoms with Gasteiger partial charge in [-0.25, -0.2) is 0 Å². The first kappa shape index (κ1) is 18.5. The molecule has 1 N–H and O–H groups in total. The summed E-state index contributed by atoms with van der Waals surface area (Å²) in [5.41, 5.74) is 1.75. The van der Waals surface area contributed by atoms with Gasteiger partial charge in [-0.05, 0) is 42.7 Å². The second kappa shape index (κ2) is 7.96. The molecule has 1 aliphatic rings. The van der Waals surface area contributed by atoms with Crippen LogP contribution in [0.3, 0.4) is 0 Å². The van der Waals surface area contributed by atoms with Gasteiger partial charge in [-0.2, -0.15) is 0 Å². The van der Waals surface area contributed by atoms with Crippen LogP contribution in [0.2, 0.25) is 5.02 Å². The molecule has 0 unspecified atom stereocenters. The Labute approximate surface area is 160 Å². The zero-order valence-corrected chi connectivity index (χ0v) is 15.9. The van der Waals surface area contributed by atoms with E-state index in [1.54, 1.807) is 12.2 Å². The van der Waals surface area contributed by atoms with Gasteiger partial charge in [0.25, 0.3) is 0 Å².